The van der Waals surface area contributed by atoms with Gasteiger partial charge in [-0.25, -0.2) is 14.8 Å². The van der Waals surface area contributed by atoms with E-state index in [2.05, 4.69) is 25.1 Å². The lowest BCUT2D eigenvalue weighted by atomic mass is 10.0. The predicted molar refractivity (Wildman–Crippen MR) is 127 cm³/mol. The molecule has 1 atom stereocenters. The van der Waals surface area contributed by atoms with Crippen LogP contribution in [0, 0.1) is 0 Å². The largest absolute Gasteiger partial charge is 0.496 e. The van der Waals surface area contributed by atoms with Crippen molar-refractivity contribution in [2.75, 3.05) is 13.7 Å². The minimum Gasteiger partial charge on any atom is -0.496 e. The van der Waals surface area contributed by atoms with E-state index in [1.165, 1.54) is 19.6 Å². The third kappa shape index (κ3) is 4.77. The molecule has 0 bridgehead atoms. The Labute approximate surface area is 208 Å². The lowest BCUT2D eigenvalue weighted by Crippen LogP contribution is -2.38. The second-order valence-corrected chi connectivity index (χ2v) is 8.09. The van der Waals surface area contributed by atoms with Crippen molar-refractivity contribution in [2.45, 2.75) is 12.5 Å². The molecule has 0 aliphatic carbocycles. The number of carbonyl (C=O) groups is 1. The first-order valence-corrected chi connectivity index (χ1v) is 11.0. The number of benzene rings is 2. The van der Waals surface area contributed by atoms with Crippen molar-refractivity contribution in [3.05, 3.63) is 66.8 Å². The Kier molecular flexibility index (Phi) is 6.15. The molecular formula is C25H20F3N5O4. The first kappa shape index (κ1) is 24.1. The molecule has 9 nitrogen and oxygen atoms in total. The van der Waals surface area contributed by atoms with Crippen LogP contribution < -0.4 is 10.1 Å². The smallest absolute Gasteiger partial charge is 0.491 e. The Balaban J connectivity index is 1.59. The zero-order valence-corrected chi connectivity index (χ0v) is 19.6. The molecule has 37 heavy (non-hydrogen) atoms. The summed E-state index contributed by atoms with van der Waals surface area (Å²) in [6.07, 6.45) is -1.90. The van der Waals surface area contributed by atoms with Crippen LogP contribution >= 0.6 is 0 Å². The molecule has 3 heterocycles. The minimum atomic E-state index is -5.14. The maximum Gasteiger partial charge on any atom is 0.491 e. The number of hydrogen-bond acceptors (Lipinski definition) is 8. The highest BCUT2D eigenvalue weighted by molar-refractivity contribution is 5.98. The van der Waals surface area contributed by atoms with Crippen LogP contribution in [-0.2, 0) is 21.3 Å². The van der Waals surface area contributed by atoms with Crippen LogP contribution in [0.3, 0.4) is 0 Å². The van der Waals surface area contributed by atoms with E-state index in [0.29, 0.717) is 27.9 Å². The van der Waals surface area contributed by atoms with Gasteiger partial charge >= 0.3 is 12.1 Å². The molecule has 1 aliphatic heterocycles. The molecule has 0 fully saturated rings. The van der Waals surface area contributed by atoms with Gasteiger partial charge in [0.15, 0.2) is 5.76 Å². The lowest BCUT2D eigenvalue weighted by molar-refractivity contribution is -0.218. The average Bonchev–Trinajstić information content (AvgIpc) is 3.29. The van der Waals surface area contributed by atoms with E-state index < -0.39 is 18.4 Å². The number of aromatic nitrogens is 4. The molecule has 0 radical (unpaired) electrons. The minimum absolute atomic E-state index is 0.120. The molecule has 0 spiro atoms. The van der Waals surface area contributed by atoms with E-state index in [9.17, 15) is 18.0 Å². The summed E-state index contributed by atoms with van der Waals surface area (Å²) in [6, 6.07) is 13.0. The van der Waals surface area contributed by atoms with Crippen LogP contribution in [0.5, 0.6) is 5.75 Å². The second-order valence-electron chi connectivity index (χ2n) is 8.09. The van der Waals surface area contributed by atoms with E-state index in [0.717, 1.165) is 16.8 Å². The normalized spacial score (nSPS) is 15.5. The van der Waals surface area contributed by atoms with Crippen LogP contribution in [0.2, 0.25) is 0 Å². The fraction of sp³-hybridized carbons (Fsp3) is 0.200. The van der Waals surface area contributed by atoms with Crippen molar-refractivity contribution in [3.63, 3.8) is 0 Å². The molecule has 2 aromatic carbocycles. The number of ether oxygens (including phenoxy) is 3. The van der Waals surface area contributed by atoms with Crippen molar-refractivity contribution < 1.29 is 32.2 Å². The second kappa shape index (κ2) is 9.45. The topological polar surface area (TPSA) is 100 Å². The molecule has 1 aliphatic rings. The molecule has 1 unspecified atom stereocenters. The molecule has 1 N–H and O–H groups in total. The number of carbonyl (C=O) groups excluding carboxylic acids is 1. The average molecular weight is 511 g/mol. The zero-order chi connectivity index (χ0) is 26.2. The van der Waals surface area contributed by atoms with Crippen LogP contribution in [-0.4, -0.2) is 51.8 Å². The van der Waals surface area contributed by atoms with Gasteiger partial charge in [-0.15, -0.1) is 0 Å². The number of fused-ring (bicyclic) bond motifs is 1. The Hall–Kier alpha value is -4.61. The third-order valence-electron chi connectivity index (χ3n) is 5.60. The van der Waals surface area contributed by atoms with Gasteiger partial charge in [0.1, 0.15) is 17.8 Å². The van der Waals surface area contributed by atoms with Gasteiger partial charge in [-0.05, 0) is 6.07 Å². The van der Waals surface area contributed by atoms with Crippen LogP contribution in [0.4, 0.5) is 13.2 Å². The number of aryl methyl sites for hydroxylation is 1. The molecule has 2 aromatic heterocycles. The molecule has 0 saturated heterocycles. The summed E-state index contributed by atoms with van der Waals surface area (Å²) in [5.41, 5.74) is 3.93. The van der Waals surface area contributed by atoms with E-state index in [1.54, 1.807) is 16.8 Å². The number of hydrogen-bond donors (Lipinski definition) is 1. The Bertz CT molecular complexity index is 1500. The summed E-state index contributed by atoms with van der Waals surface area (Å²) < 4.78 is 55.3. The molecule has 4 aromatic rings. The van der Waals surface area contributed by atoms with Crippen molar-refractivity contribution in [1.29, 1.82) is 0 Å². The van der Waals surface area contributed by atoms with Gasteiger partial charge in [-0.2, -0.15) is 18.3 Å². The van der Waals surface area contributed by atoms with Crippen LogP contribution in [0.1, 0.15) is 5.56 Å². The first-order valence-electron chi connectivity index (χ1n) is 11.0. The van der Waals surface area contributed by atoms with E-state index >= 15 is 0 Å². The van der Waals surface area contributed by atoms with Gasteiger partial charge in [0.25, 0.3) is 6.29 Å². The molecule has 5 rings (SSSR count). The van der Waals surface area contributed by atoms with Gasteiger partial charge in [-0.3, -0.25) is 4.68 Å². The van der Waals surface area contributed by atoms with Crippen molar-refractivity contribution >= 4 is 22.6 Å². The Morgan fingerprint density at radius 3 is 2.65 bits per heavy atom. The molecular weight excluding hydrogens is 491 g/mol. The predicted octanol–water partition coefficient (Wildman–Crippen LogP) is 4.06. The SMILES string of the molecule is COc1cc2ncnc(-c3cn(C)nc3-c3ccccc3)c2cc1C1=CNCC(OC(=O)C(F)(F)F)O1. The van der Waals surface area contributed by atoms with E-state index in [1.807, 2.05) is 43.6 Å². The molecule has 190 valence electrons. The van der Waals surface area contributed by atoms with E-state index in [-0.39, 0.29) is 12.3 Å². The fourth-order valence-corrected chi connectivity index (χ4v) is 3.99. The highest BCUT2D eigenvalue weighted by atomic mass is 19.4. The molecule has 0 amide bonds. The first-order chi connectivity index (χ1) is 17.7. The Morgan fingerprint density at radius 2 is 1.92 bits per heavy atom. The highest BCUT2D eigenvalue weighted by Crippen LogP contribution is 2.38. The van der Waals surface area contributed by atoms with Crippen LogP contribution in [0.15, 0.2) is 61.2 Å². The summed E-state index contributed by atoms with van der Waals surface area (Å²) in [4.78, 5) is 20.2. The summed E-state index contributed by atoms with van der Waals surface area (Å²) >= 11 is 0. The summed E-state index contributed by atoms with van der Waals surface area (Å²) in [5, 5.41) is 8.03. The van der Waals surface area contributed by atoms with Crippen molar-refractivity contribution in [2.24, 2.45) is 7.05 Å². The number of methoxy groups -OCH3 is 1. The summed E-state index contributed by atoms with van der Waals surface area (Å²) in [5.74, 6) is -1.87. The number of halogens is 3. The third-order valence-corrected chi connectivity index (χ3v) is 5.60. The number of nitrogens with one attached hydrogen (secondary N) is 1. The van der Waals surface area contributed by atoms with Crippen LogP contribution in [0.25, 0.3) is 39.2 Å². The summed E-state index contributed by atoms with van der Waals surface area (Å²) in [7, 11) is 3.25. The molecule has 0 saturated carbocycles. The fourth-order valence-electron chi connectivity index (χ4n) is 3.99. The van der Waals surface area contributed by atoms with Gasteiger partial charge in [0.2, 0.25) is 0 Å². The zero-order valence-electron chi connectivity index (χ0n) is 19.6. The number of esters is 1. The monoisotopic (exact) mass is 511 g/mol. The molecule has 12 heteroatoms. The lowest BCUT2D eigenvalue weighted by Gasteiger charge is -2.26. The maximum atomic E-state index is 12.7. The van der Waals surface area contributed by atoms with Gasteiger partial charge in [0.05, 0.1) is 30.4 Å². The van der Waals surface area contributed by atoms with Crippen molar-refractivity contribution in [1.82, 2.24) is 25.1 Å². The quantitative estimate of drug-likeness (QED) is 0.401. The number of rotatable bonds is 5. The van der Waals surface area contributed by atoms with Crippen molar-refractivity contribution in [3.8, 4) is 28.3 Å². The Morgan fingerprint density at radius 1 is 1.14 bits per heavy atom. The van der Waals surface area contributed by atoms with E-state index in [4.69, 9.17) is 9.47 Å². The van der Waals surface area contributed by atoms with Gasteiger partial charge < -0.3 is 19.5 Å². The number of nitrogens with zero attached hydrogens (tertiary/aromatic N) is 4. The summed E-state index contributed by atoms with van der Waals surface area (Å²) in [6.45, 7) is -0.161. The maximum absolute atomic E-state index is 12.7. The highest BCUT2D eigenvalue weighted by Gasteiger charge is 2.43. The van der Waals surface area contributed by atoms with Gasteiger partial charge in [-0.1, -0.05) is 30.3 Å². The number of alkyl halides is 3. The standard InChI is InChI=1S/C25H20F3N5O4/c1-33-12-17(22(32-33)14-6-4-3-5-7-14)23-15-8-16(19(35-2)9-18(15)30-13-31-23)20-10-29-11-21(36-20)37-24(34)25(26,27)28/h3-10,12-13,21,29H,11H2,1-2H3. The van der Waals surface area contributed by atoms with Gasteiger partial charge in [0, 0.05) is 42.0 Å².